The van der Waals surface area contributed by atoms with Crippen molar-refractivity contribution in [3.63, 3.8) is 0 Å². The summed E-state index contributed by atoms with van der Waals surface area (Å²) in [5, 5.41) is 19.9. The first-order valence-electron chi connectivity index (χ1n) is 16.3. The Morgan fingerprint density at radius 2 is 1.69 bits per heavy atom. The van der Waals surface area contributed by atoms with Gasteiger partial charge in [-0.3, -0.25) is 14.1 Å². The molecule has 2 aromatic carbocycles. The molecule has 0 unspecified atom stereocenters. The maximum Gasteiger partial charge on any atom is 0.236 e. The van der Waals surface area contributed by atoms with Crippen molar-refractivity contribution in [1.82, 2.24) is 24.2 Å². The van der Waals surface area contributed by atoms with E-state index in [0.717, 1.165) is 43.2 Å². The molecule has 2 aliphatic heterocycles. The van der Waals surface area contributed by atoms with Gasteiger partial charge in [-0.05, 0) is 61.4 Å². The first kappa shape index (κ1) is 32.3. The number of hydrogen-bond acceptors (Lipinski definition) is 8. The molecule has 0 bridgehead atoms. The molecule has 0 radical (unpaired) electrons. The smallest absolute Gasteiger partial charge is 0.236 e. The Labute approximate surface area is 281 Å². The fraction of sp³-hybridized carbons (Fsp3) is 0.361. The van der Waals surface area contributed by atoms with E-state index in [1.165, 1.54) is 23.5 Å². The highest BCUT2D eigenvalue weighted by atomic mass is 32.1. The number of carbonyl (C=O) groups is 1. The Morgan fingerprint density at radius 1 is 0.958 bits per heavy atom. The molecule has 0 saturated carbocycles. The predicted octanol–water partition coefficient (Wildman–Crippen LogP) is 5.01. The predicted molar refractivity (Wildman–Crippen MR) is 183 cm³/mol. The number of nitrogens with zero attached hydrogens (tertiary/aromatic N) is 6. The summed E-state index contributed by atoms with van der Waals surface area (Å²) in [4.78, 5) is 29.1. The Bertz CT molecular complexity index is 1960. The molecule has 0 aliphatic carbocycles. The van der Waals surface area contributed by atoms with Crippen LogP contribution in [0.5, 0.6) is 0 Å². The molecule has 3 aromatic heterocycles. The minimum Gasteiger partial charge on any atom is -0.396 e. The highest BCUT2D eigenvalue weighted by Gasteiger charge is 2.31. The number of pyridine rings is 1. The van der Waals surface area contributed by atoms with Gasteiger partial charge in [-0.25, -0.2) is 18.7 Å². The van der Waals surface area contributed by atoms with E-state index in [1.807, 2.05) is 40.6 Å². The summed E-state index contributed by atoms with van der Waals surface area (Å²) in [6.45, 7) is 8.34. The van der Waals surface area contributed by atoms with Gasteiger partial charge >= 0.3 is 0 Å². The summed E-state index contributed by atoms with van der Waals surface area (Å²) in [5.74, 6) is -0.391. The molecule has 2 N–H and O–H groups in total. The number of rotatable bonds is 9. The van der Waals surface area contributed by atoms with Crippen LogP contribution in [-0.4, -0.2) is 92.7 Å². The zero-order chi connectivity index (χ0) is 33.5. The molecule has 1 amide bonds. The second-order valence-corrected chi connectivity index (χ2v) is 13.6. The molecule has 2 aliphatic rings. The molecule has 2 fully saturated rings. The van der Waals surface area contributed by atoms with Crippen LogP contribution in [0.15, 0.2) is 54.7 Å². The van der Waals surface area contributed by atoms with Crippen LogP contribution >= 0.6 is 11.3 Å². The average molecular weight is 673 g/mol. The Kier molecular flexibility index (Phi) is 8.99. The van der Waals surface area contributed by atoms with Gasteiger partial charge in [-0.1, -0.05) is 13.0 Å². The van der Waals surface area contributed by atoms with Crippen LogP contribution in [0, 0.1) is 24.5 Å². The lowest BCUT2D eigenvalue weighted by atomic mass is 10.0. The first-order valence-corrected chi connectivity index (χ1v) is 17.1. The first-order chi connectivity index (χ1) is 23.3. The number of aromatic nitrogens is 3. The minimum absolute atomic E-state index is 0.116. The molecule has 9 nitrogen and oxygen atoms in total. The number of amides is 1. The number of imidazole rings is 1. The van der Waals surface area contributed by atoms with Crippen LogP contribution in [0.1, 0.15) is 23.1 Å². The highest BCUT2D eigenvalue weighted by Crippen LogP contribution is 2.39. The number of halogens is 2. The lowest BCUT2D eigenvalue weighted by molar-refractivity contribution is -0.139. The third kappa shape index (κ3) is 5.98. The second kappa shape index (κ2) is 13.3. The van der Waals surface area contributed by atoms with Crippen molar-refractivity contribution in [2.45, 2.75) is 26.9 Å². The molecule has 7 rings (SSSR count). The van der Waals surface area contributed by atoms with Gasteiger partial charge in [0.1, 0.15) is 22.3 Å². The third-order valence-electron chi connectivity index (χ3n) is 9.50. The molecule has 0 spiro atoms. The van der Waals surface area contributed by atoms with E-state index >= 15 is 4.39 Å². The topological polar surface area (TPSA) is 97.4 Å². The largest absolute Gasteiger partial charge is 0.396 e. The lowest BCUT2D eigenvalue weighted by Crippen LogP contribution is -2.56. The summed E-state index contributed by atoms with van der Waals surface area (Å²) in [6.07, 6.45) is 2.65. The molecule has 0 atom stereocenters. The van der Waals surface area contributed by atoms with Gasteiger partial charge in [-0.2, -0.15) is 0 Å². The fourth-order valence-corrected chi connectivity index (χ4v) is 7.68. The van der Waals surface area contributed by atoms with E-state index in [-0.39, 0.29) is 36.7 Å². The zero-order valence-electron chi connectivity index (χ0n) is 27.0. The van der Waals surface area contributed by atoms with Crippen molar-refractivity contribution >= 4 is 28.6 Å². The number of aliphatic hydroxyl groups excluding tert-OH is 2. The van der Waals surface area contributed by atoms with Crippen LogP contribution in [0.2, 0.25) is 0 Å². The van der Waals surface area contributed by atoms with Gasteiger partial charge in [0.15, 0.2) is 0 Å². The van der Waals surface area contributed by atoms with Crippen molar-refractivity contribution in [2.24, 2.45) is 5.92 Å². The van der Waals surface area contributed by atoms with Gasteiger partial charge in [0, 0.05) is 74.7 Å². The van der Waals surface area contributed by atoms with Crippen LogP contribution in [0.3, 0.4) is 0 Å². The maximum absolute atomic E-state index is 16.4. The number of likely N-dealkylation sites (tertiary alicyclic amines) is 1. The normalized spacial score (nSPS) is 15.8. The summed E-state index contributed by atoms with van der Waals surface area (Å²) in [6, 6.07) is 13.6. The molecular weight excluding hydrogens is 634 g/mol. The SMILES string of the molecule is CCc1nc2ccc(N3CCN(CC(=O)N4CC(CO)C4)CC3)cn2c1-c1ccc(-c2nc(-c3ccc(F)cc3)c(CO)s2)c(C)c1F. The summed E-state index contributed by atoms with van der Waals surface area (Å²) < 4.78 is 31.9. The monoisotopic (exact) mass is 672 g/mol. The van der Waals surface area contributed by atoms with Crippen molar-refractivity contribution < 1.29 is 23.8 Å². The summed E-state index contributed by atoms with van der Waals surface area (Å²) in [5.41, 5.74) is 6.03. The molecular formula is C36H38F2N6O3S. The van der Waals surface area contributed by atoms with E-state index in [1.54, 1.807) is 25.1 Å². The number of fused-ring (bicyclic) bond motifs is 1. The summed E-state index contributed by atoms with van der Waals surface area (Å²) in [7, 11) is 0. The molecule has 5 aromatic rings. The van der Waals surface area contributed by atoms with Gasteiger partial charge < -0.3 is 20.0 Å². The van der Waals surface area contributed by atoms with Crippen LogP contribution in [-0.2, 0) is 17.8 Å². The maximum atomic E-state index is 16.4. The van der Waals surface area contributed by atoms with Gasteiger partial charge in [0.05, 0.1) is 40.8 Å². The highest BCUT2D eigenvalue weighted by molar-refractivity contribution is 7.15. The number of anilines is 1. The fourth-order valence-electron chi connectivity index (χ4n) is 6.65. The Morgan fingerprint density at radius 3 is 2.38 bits per heavy atom. The van der Waals surface area contributed by atoms with E-state index < -0.39 is 0 Å². The number of piperazine rings is 1. The van der Waals surface area contributed by atoms with E-state index in [4.69, 9.17) is 9.97 Å². The van der Waals surface area contributed by atoms with Gasteiger partial charge in [0.2, 0.25) is 5.91 Å². The van der Waals surface area contributed by atoms with E-state index in [9.17, 15) is 19.4 Å². The molecule has 48 heavy (non-hydrogen) atoms. The number of thiazole rings is 1. The van der Waals surface area contributed by atoms with Gasteiger partial charge in [-0.15, -0.1) is 11.3 Å². The average Bonchev–Trinajstić information content (AvgIpc) is 3.67. The van der Waals surface area contributed by atoms with Crippen molar-refractivity contribution in [3.8, 4) is 33.1 Å². The number of benzene rings is 2. The standard InChI is InChI=1S/C36H38F2N6O3S/c1-3-29-35(28-10-9-27(22(2)33(28)38)36-40-34(30(21-46)48-36)24-4-6-25(37)7-5-24)44-18-26(8-11-31(44)39-29)42-14-12-41(13-15-42)19-32(47)43-16-23(17-43)20-45/h4-11,18,23,45-46H,3,12-17,19-21H2,1-2H3. The van der Waals surface area contributed by atoms with Crippen molar-refractivity contribution in [3.05, 3.63) is 82.5 Å². The third-order valence-corrected chi connectivity index (χ3v) is 10.6. The quantitative estimate of drug-likeness (QED) is 0.228. The van der Waals surface area contributed by atoms with Gasteiger partial charge in [0.25, 0.3) is 0 Å². The number of carbonyl (C=O) groups excluding carboxylic acids is 1. The lowest BCUT2D eigenvalue weighted by Gasteiger charge is -2.41. The second-order valence-electron chi connectivity index (χ2n) is 12.5. The Balaban J connectivity index is 1.14. The van der Waals surface area contributed by atoms with E-state index in [2.05, 4.69) is 9.80 Å². The van der Waals surface area contributed by atoms with Crippen LogP contribution in [0.25, 0.3) is 38.7 Å². The molecule has 5 heterocycles. The van der Waals surface area contributed by atoms with Crippen LogP contribution < -0.4 is 4.90 Å². The van der Waals surface area contributed by atoms with Crippen molar-refractivity contribution in [2.75, 3.05) is 57.3 Å². The van der Waals surface area contributed by atoms with E-state index in [0.29, 0.717) is 69.6 Å². The number of aryl methyl sites for hydroxylation is 1. The molecule has 12 heteroatoms. The summed E-state index contributed by atoms with van der Waals surface area (Å²) >= 11 is 1.30. The Hall–Kier alpha value is -4.23. The number of aliphatic hydroxyl groups is 2. The molecule has 250 valence electrons. The minimum atomic E-state index is -0.357. The van der Waals surface area contributed by atoms with Crippen molar-refractivity contribution in [1.29, 1.82) is 0 Å². The zero-order valence-corrected chi connectivity index (χ0v) is 27.8. The van der Waals surface area contributed by atoms with Crippen LogP contribution in [0.4, 0.5) is 14.5 Å². The molecule has 2 saturated heterocycles. The number of hydrogen-bond donors (Lipinski definition) is 2.